The molecule has 0 fully saturated rings. The van der Waals surface area contributed by atoms with Crippen molar-refractivity contribution in [2.45, 2.75) is 11.4 Å². The highest BCUT2D eigenvalue weighted by molar-refractivity contribution is 7.86. The maximum atomic E-state index is 12.7. The fourth-order valence-corrected chi connectivity index (χ4v) is 1.02. The molecule has 0 spiro atoms. The highest BCUT2D eigenvalue weighted by atomic mass is 32.2. The maximum absolute atomic E-state index is 12.7. The number of ether oxygens (including phenoxy) is 3. The lowest BCUT2D eigenvalue weighted by atomic mass is 10.6. The summed E-state index contributed by atoms with van der Waals surface area (Å²) in [6.45, 7) is -1.32. The molecular formula is C7H10F4O7S. The van der Waals surface area contributed by atoms with E-state index in [1.54, 1.807) is 0 Å². The zero-order chi connectivity index (χ0) is 15.3. The molecular weight excluding hydrogens is 304 g/mol. The van der Waals surface area contributed by atoms with Gasteiger partial charge in [0.1, 0.15) is 6.61 Å². The molecule has 0 amide bonds. The number of hydrogen-bond donors (Lipinski definition) is 1. The zero-order valence-corrected chi connectivity index (χ0v) is 10.3. The van der Waals surface area contributed by atoms with Gasteiger partial charge in [-0.3, -0.25) is 4.55 Å². The number of esters is 1. The van der Waals surface area contributed by atoms with Gasteiger partial charge in [0.2, 0.25) is 0 Å². The van der Waals surface area contributed by atoms with Crippen LogP contribution in [-0.4, -0.2) is 57.2 Å². The number of methoxy groups -OCH3 is 1. The number of carbonyl (C=O) groups excluding carboxylic acids is 1. The molecule has 19 heavy (non-hydrogen) atoms. The monoisotopic (exact) mass is 314 g/mol. The predicted octanol–water partition coefficient (Wildman–Crippen LogP) is 0.266. The van der Waals surface area contributed by atoms with Crippen LogP contribution < -0.4 is 0 Å². The van der Waals surface area contributed by atoms with Crippen LogP contribution in [0.3, 0.4) is 0 Å². The molecule has 0 aromatic heterocycles. The van der Waals surface area contributed by atoms with Gasteiger partial charge in [0.05, 0.1) is 13.2 Å². The molecule has 0 atom stereocenters. The van der Waals surface area contributed by atoms with Gasteiger partial charge in [-0.2, -0.15) is 26.0 Å². The van der Waals surface area contributed by atoms with Gasteiger partial charge in [0.15, 0.2) is 0 Å². The van der Waals surface area contributed by atoms with Gasteiger partial charge in [-0.25, -0.2) is 4.79 Å². The molecule has 0 aliphatic heterocycles. The lowest BCUT2D eigenvalue weighted by Gasteiger charge is -2.22. The number of halogens is 4. The molecule has 1 N–H and O–H groups in total. The fraction of sp³-hybridized carbons (Fsp3) is 0.857. The van der Waals surface area contributed by atoms with Gasteiger partial charge in [0, 0.05) is 7.11 Å². The number of hydrogen-bond acceptors (Lipinski definition) is 6. The first-order valence-corrected chi connectivity index (χ1v) is 5.91. The second kappa shape index (κ2) is 6.45. The van der Waals surface area contributed by atoms with E-state index >= 15 is 0 Å². The molecule has 0 radical (unpaired) electrons. The minimum absolute atomic E-state index is 0.00481. The van der Waals surface area contributed by atoms with Crippen molar-refractivity contribution in [3.8, 4) is 0 Å². The molecule has 0 aromatic rings. The Kier molecular flexibility index (Phi) is 6.12. The average Bonchev–Trinajstić information content (AvgIpc) is 2.22. The van der Waals surface area contributed by atoms with Crippen LogP contribution in [-0.2, 0) is 29.1 Å². The zero-order valence-electron chi connectivity index (χ0n) is 9.44. The van der Waals surface area contributed by atoms with Gasteiger partial charge in [-0.1, -0.05) is 0 Å². The summed E-state index contributed by atoms with van der Waals surface area (Å²) in [7, 11) is -5.18. The molecule has 0 aliphatic carbocycles. The maximum Gasteiger partial charge on any atom is 0.485 e. The Morgan fingerprint density at radius 1 is 1.21 bits per heavy atom. The predicted molar refractivity (Wildman–Crippen MR) is 50.2 cm³/mol. The van der Waals surface area contributed by atoms with Crippen LogP contribution in [0.25, 0.3) is 0 Å². The third-order valence-corrected chi connectivity index (χ3v) is 2.44. The van der Waals surface area contributed by atoms with E-state index in [0.717, 1.165) is 0 Å². The second-order valence-corrected chi connectivity index (χ2v) is 4.49. The Balaban J connectivity index is 4.57. The number of alkyl halides is 4. The van der Waals surface area contributed by atoms with Gasteiger partial charge in [-0.15, -0.1) is 0 Å². The molecule has 0 aromatic carbocycles. The van der Waals surface area contributed by atoms with Crippen molar-refractivity contribution in [3.63, 3.8) is 0 Å². The Hall–Kier alpha value is -0.980. The second-order valence-electron chi connectivity index (χ2n) is 3.03. The third-order valence-electron chi connectivity index (χ3n) is 1.56. The molecule has 0 bridgehead atoms. The van der Waals surface area contributed by atoms with Crippen molar-refractivity contribution >= 4 is 16.1 Å². The van der Waals surface area contributed by atoms with Crippen LogP contribution in [0.5, 0.6) is 0 Å². The quantitative estimate of drug-likeness (QED) is 0.297. The van der Waals surface area contributed by atoms with Crippen LogP contribution in [0.2, 0.25) is 0 Å². The average molecular weight is 314 g/mol. The SMILES string of the molecule is COCCOCC(=O)OC(F)(F)C(F)(F)S(=O)(=O)O. The van der Waals surface area contributed by atoms with Gasteiger partial charge in [0.25, 0.3) is 0 Å². The molecule has 0 saturated carbocycles. The molecule has 114 valence electrons. The smallest absolute Gasteiger partial charge is 0.394 e. The largest absolute Gasteiger partial charge is 0.485 e. The van der Waals surface area contributed by atoms with Crippen LogP contribution in [0.4, 0.5) is 17.6 Å². The van der Waals surface area contributed by atoms with E-state index in [4.69, 9.17) is 4.55 Å². The first-order valence-electron chi connectivity index (χ1n) is 4.47. The highest BCUT2D eigenvalue weighted by Crippen LogP contribution is 2.39. The van der Waals surface area contributed by atoms with Crippen molar-refractivity contribution in [3.05, 3.63) is 0 Å². The molecule has 7 nitrogen and oxygen atoms in total. The Labute approximate surface area is 105 Å². The van der Waals surface area contributed by atoms with Crippen molar-refractivity contribution < 1.29 is 49.5 Å². The molecule has 0 aliphatic rings. The normalized spacial score (nSPS) is 13.4. The van der Waals surface area contributed by atoms with Crippen LogP contribution >= 0.6 is 0 Å². The topological polar surface area (TPSA) is 99.1 Å². The Morgan fingerprint density at radius 2 is 1.74 bits per heavy atom. The lowest BCUT2D eigenvalue weighted by molar-refractivity contribution is -0.303. The standard InChI is InChI=1S/C7H10F4O7S/c1-16-2-3-17-4-5(12)18-6(8,9)7(10,11)19(13,14)15/h2-4H2,1H3,(H,13,14,15). The Bertz CT molecular complexity index is 408. The summed E-state index contributed by atoms with van der Waals surface area (Å²) in [5, 5.41) is -5.97. The van der Waals surface area contributed by atoms with E-state index < -0.39 is 34.1 Å². The summed E-state index contributed by atoms with van der Waals surface area (Å²) >= 11 is 0. The van der Waals surface area contributed by atoms with E-state index in [1.165, 1.54) is 7.11 Å². The fourth-order valence-electron chi connectivity index (χ4n) is 0.680. The lowest BCUT2D eigenvalue weighted by Crippen LogP contribution is -2.50. The minimum atomic E-state index is -6.46. The molecule has 0 rings (SSSR count). The summed E-state index contributed by atoms with van der Waals surface area (Å²) < 4.78 is 90.5. The van der Waals surface area contributed by atoms with E-state index in [9.17, 15) is 30.8 Å². The van der Waals surface area contributed by atoms with Crippen LogP contribution in [0.15, 0.2) is 0 Å². The Morgan fingerprint density at radius 3 is 2.16 bits per heavy atom. The summed E-state index contributed by atoms with van der Waals surface area (Å²) in [4.78, 5) is 10.7. The van der Waals surface area contributed by atoms with E-state index in [1.807, 2.05) is 0 Å². The first kappa shape index (κ1) is 18.0. The van der Waals surface area contributed by atoms with Crippen molar-refractivity contribution in [2.24, 2.45) is 0 Å². The van der Waals surface area contributed by atoms with Crippen molar-refractivity contribution in [1.29, 1.82) is 0 Å². The van der Waals surface area contributed by atoms with E-state index in [0.29, 0.717) is 0 Å². The van der Waals surface area contributed by atoms with E-state index in [-0.39, 0.29) is 13.2 Å². The molecule has 0 unspecified atom stereocenters. The number of rotatable bonds is 8. The van der Waals surface area contributed by atoms with Crippen LogP contribution in [0.1, 0.15) is 0 Å². The summed E-state index contributed by atoms with van der Waals surface area (Å²) in [6.07, 6.45) is -5.73. The number of carbonyl (C=O) groups is 1. The van der Waals surface area contributed by atoms with Crippen LogP contribution in [0, 0.1) is 0 Å². The van der Waals surface area contributed by atoms with Crippen molar-refractivity contribution in [1.82, 2.24) is 0 Å². The molecule has 0 saturated heterocycles. The first-order chi connectivity index (χ1) is 8.45. The van der Waals surface area contributed by atoms with Gasteiger partial charge >= 0.3 is 27.5 Å². The van der Waals surface area contributed by atoms with Gasteiger partial charge in [-0.05, 0) is 0 Å². The molecule has 0 heterocycles. The summed E-state index contributed by atoms with van der Waals surface area (Å²) in [5.41, 5.74) is 0. The molecule has 12 heteroatoms. The highest BCUT2D eigenvalue weighted by Gasteiger charge is 2.69. The van der Waals surface area contributed by atoms with E-state index in [2.05, 4.69) is 14.2 Å². The third kappa shape index (κ3) is 4.89. The van der Waals surface area contributed by atoms with Gasteiger partial charge < -0.3 is 14.2 Å². The summed E-state index contributed by atoms with van der Waals surface area (Å²) in [6, 6.07) is 0. The van der Waals surface area contributed by atoms with Crippen molar-refractivity contribution in [2.75, 3.05) is 26.9 Å². The minimum Gasteiger partial charge on any atom is -0.394 e. The summed E-state index contributed by atoms with van der Waals surface area (Å²) in [5.74, 6) is -1.94.